The van der Waals surface area contributed by atoms with E-state index in [1.165, 1.54) is 4.31 Å². The second-order valence-electron chi connectivity index (χ2n) is 7.99. The largest absolute Gasteiger partial charge is 0.360 e. The molecule has 0 aliphatic carbocycles. The van der Waals surface area contributed by atoms with E-state index in [0.717, 1.165) is 31.5 Å². The lowest BCUT2D eigenvalue weighted by molar-refractivity contribution is -0.116. The number of benzene rings is 1. The van der Waals surface area contributed by atoms with Crippen LogP contribution in [0.2, 0.25) is 0 Å². The molecule has 1 aromatic heterocycles. The van der Waals surface area contributed by atoms with Gasteiger partial charge in [0.15, 0.2) is 5.82 Å². The maximum absolute atomic E-state index is 13.6. The van der Waals surface area contributed by atoms with Gasteiger partial charge in [-0.05, 0) is 64.8 Å². The second kappa shape index (κ2) is 9.28. The van der Waals surface area contributed by atoms with Crippen molar-refractivity contribution in [2.24, 2.45) is 0 Å². The zero-order chi connectivity index (χ0) is 21.9. The molecule has 0 radical (unpaired) electrons. The normalized spacial score (nSPS) is 15.1. The lowest BCUT2D eigenvalue weighted by atomic mass is 10.1. The SMILES string of the molecule is Cc1cc(C)c(S(=O)(=O)N(CCN2CCCC2)CC(=O)Nc2cc(C)on2)c(C)c1. The fourth-order valence-corrected chi connectivity index (χ4v) is 5.81. The highest BCUT2D eigenvalue weighted by molar-refractivity contribution is 7.89. The summed E-state index contributed by atoms with van der Waals surface area (Å²) in [5.74, 6) is 0.391. The first-order valence-corrected chi connectivity index (χ1v) is 11.6. The van der Waals surface area contributed by atoms with Gasteiger partial charge < -0.3 is 14.7 Å². The van der Waals surface area contributed by atoms with Gasteiger partial charge in [-0.1, -0.05) is 22.9 Å². The summed E-state index contributed by atoms with van der Waals surface area (Å²) in [5.41, 5.74) is 2.38. The third kappa shape index (κ3) is 5.27. The lowest BCUT2D eigenvalue weighted by Crippen LogP contribution is -2.42. The van der Waals surface area contributed by atoms with Crippen LogP contribution in [0.15, 0.2) is 27.6 Å². The van der Waals surface area contributed by atoms with E-state index in [0.29, 0.717) is 23.4 Å². The van der Waals surface area contributed by atoms with E-state index in [1.807, 2.05) is 19.1 Å². The first-order chi connectivity index (χ1) is 14.2. The molecule has 1 aromatic carbocycles. The van der Waals surface area contributed by atoms with E-state index in [-0.39, 0.29) is 23.8 Å². The number of carbonyl (C=O) groups excluding carboxylic acids is 1. The number of sulfonamides is 1. The van der Waals surface area contributed by atoms with Crippen molar-refractivity contribution in [2.75, 3.05) is 38.0 Å². The van der Waals surface area contributed by atoms with Crippen LogP contribution in [0.1, 0.15) is 35.3 Å². The Balaban J connectivity index is 1.84. The molecule has 0 spiro atoms. The molecule has 164 valence electrons. The number of carbonyl (C=O) groups is 1. The van der Waals surface area contributed by atoms with Crippen LogP contribution in [-0.2, 0) is 14.8 Å². The van der Waals surface area contributed by atoms with Crippen LogP contribution >= 0.6 is 0 Å². The number of hydrogen-bond donors (Lipinski definition) is 1. The van der Waals surface area contributed by atoms with Gasteiger partial charge in [-0.15, -0.1) is 0 Å². The second-order valence-corrected chi connectivity index (χ2v) is 9.86. The van der Waals surface area contributed by atoms with E-state index in [1.54, 1.807) is 26.8 Å². The molecule has 1 amide bonds. The predicted octanol–water partition coefficient (Wildman–Crippen LogP) is 2.63. The minimum absolute atomic E-state index is 0.250. The number of anilines is 1. The van der Waals surface area contributed by atoms with Crippen molar-refractivity contribution in [2.45, 2.75) is 45.4 Å². The summed E-state index contributed by atoms with van der Waals surface area (Å²) >= 11 is 0. The molecule has 30 heavy (non-hydrogen) atoms. The van der Waals surface area contributed by atoms with Gasteiger partial charge in [0.25, 0.3) is 0 Å². The topological polar surface area (TPSA) is 95.8 Å². The number of nitrogens with one attached hydrogen (secondary N) is 1. The van der Waals surface area contributed by atoms with E-state index in [9.17, 15) is 13.2 Å². The summed E-state index contributed by atoms with van der Waals surface area (Å²) in [4.78, 5) is 15.1. The number of aromatic nitrogens is 1. The number of amides is 1. The fourth-order valence-electron chi connectivity index (χ4n) is 4.01. The van der Waals surface area contributed by atoms with E-state index in [2.05, 4.69) is 15.4 Å². The molecule has 2 aromatic rings. The average molecular weight is 435 g/mol. The first kappa shape index (κ1) is 22.5. The smallest absolute Gasteiger partial charge is 0.244 e. The molecule has 0 bridgehead atoms. The monoisotopic (exact) mass is 434 g/mol. The predicted molar refractivity (Wildman–Crippen MR) is 115 cm³/mol. The minimum Gasteiger partial charge on any atom is -0.360 e. The Hall–Kier alpha value is -2.23. The van der Waals surface area contributed by atoms with E-state index >= 15 is 0 Å². The van der Waals surface area contributed by atoms with Gasteiger partial charge >= 0.3 is 0 Å². The Labute approximate surface area is 178 Å². The van der Waals surface area contributed by atoms with Crippen LogP contribution in [0.3, 0.4) is 0 Å². The molecule has 1 fully saturated rings. The van der Waals surface area contributed by atoms with Gasteiger partial charge in [0.1, 0.15) is 5.76 Å². The summed E-state index contributed by atoms with van der Waals surface area (Å²) in [5, 5.41) is 6.37. The fraction of sp³-hybridized carbons (Fsp3) is 0.524. The minimum atomic E-state index is -3.85. The summed E-state index contributed by atoms with van der Waals surface area (Å²) in [7, 11) is -3.85. The maximum Gasteiger partial charge on any atom is 0.244 e. The van der Waals surface area contributed by atoms with Crippen LogP contribution in [0.5, 0.6) is 0 Å². The molecule has 1 N–H and O–H groups in total. The number of hydrogen-bond acceptors (Lipinski definition) is 6. The summed E-state index contributed by atoms with van der Waals surface area (Å²) in [6.45, 7) is 9.73. The van der Waals surface area contributed by atoms with Crippen molar-refractivity contribution in [3.63, 3.8) is 0 Å². The Morgan fingerprint density at radius 3 is 2.33 bits per heavy atom. The molecule has 1 saturated heterocycles. The van der Waals surface area contributed by atoms with Gasteiger partial charge in [-0.2, -0.15) is 4.31 Å². The standard InChI is InChI=1S/C21H30N4O4S/c1-15-11-16(2)21(17(3)12-15)30(27,28)25(10-9-24-7-5-6-8-24)14-20(26)22-19-13-18(4)29-23-19/h11-13H,5-10,14H2,1-4H3,(H,22,23,26). The third-order valence-corrected chi connectivity index (χ3v) is 7.43. The molecule has 3 rings (SSSR count). The molecule has 2 heterocycles. The van der Waals surface area contributed by atoms with Crippen molar-refractivity contribution in [1.82, 2.24) is 14.4 Å². The highest BCUT2D eigenvalue weighted by Crippen LogP contribution is 2.25. The highest BCUT2D eigenvalue weighted by Gasteiger charge is 2.30. The quantitative estimate of drug-likeness (QED) is 0.686. The van der Waals surface area contributed by atoms with Crippen molar-refractivity contribution >= 4 is 21.7 Å². The van der Waals surface area contributed by atoms with Crippen LogP contribution in [-0.4, -0.2) is 61.4 Å². The zero-order valence-electron chi connectivity index (χ0n) is 18.1. The maximum atomic E-state index is 13.6. The molecule has 1 aliphatic rings. The molecule has 0 atom stereocenters. The lowest BCUT2D eigenvalue weighted by Gasteiger charge is -2.26. The number of aryl methyl sites for hydroxylation is 4. The molecule has 1 aliphatic heterocycles. The Morgan fingerprint density at radius 1 is 1.13 bits per heavy atom. The molecule has 8 nitrogen and oxygen atoms in total. The Morgan fingerprint density at radius 2 is 1.77 bits per heavy atom. The molecule has 9 heteroatoms. The molecule has 0 saturated carbocycles. The van der Waals surface area contributed by atoms with E-state index < -0.39 is 15.9 Å². The first-order valence-electron chi connectivity index (χ1n) is 10.2. The average Bonchev–Trinajstić information content (AvgIpc) is 3.29. The van der Waals surface area contributed by atoms with Gasteiger partial charge in [-0.25, -0.2) is 8.42 Å². The Kier molecular flexibility index (Phi) is 6.95. The van der Waals surface area contributed by atoms with Crippen LogP contribution in [0.4, 0.5) is 5.82 Å². The van der Waals surface area contributed by atoms with Gasteiger partial charge in [-0.3, -0.25) is 4.79 Å². The molecule has 0 unspecified atom stereocenters. The number of nitrogens with zero attached hydrogens (tertiary/aromatic N) is 3. The van der Waals surface area contributed by atoms with Gasteiger partial charge in [0, 0.05) is 19.2 Å². The van der Waals surface area contributed by atoms with Crippen LogP contribution in [0, 0.1) is 27.7 Å². The van der Waals surface area contributed by atoms with Crippen LogP contribution in [0.25, 0.3) is 0 Å². The van der Waals surface area contributed by atoms with Gasteiger partial charge in [0.2, 0.25) is 15.9 Å². The van der Waals surface area contributed by atoms with Crippen molar-refractivity contribution in [3.05, 3.63) is 40.6 Å². The molecular weight excluding hydrogens is 404 g/mol. The summed E-state index contributed by atoms with van der Waals surface area (Å²) in [6, 6.07) is 5.31. The van der Waals surface area contributed by atoms with Crippen molar-refractivity contribution in [3.8, 4) is 0 Å². The van der Waals surface area contributed by atoms with Crippen molar-refractivity contribution < 1.29 is 17.7 Å². The number of rotatable bonds is 8. The number of likely N-dealkylation sites (tertiary alicyclic amines) is 1. The summed E-state index contributed by atoms with van der Waals surface area (Å²) < 4.78 is 33.4. The third-order valence-electron chi connectivity index (χ3n) is 5.28. The van der Waals surface area contributed by atoms with Crippen LogP contribution < -0.4 is 5.32 Å². The van der Waals surface area contributed by atoms with Gasteiger partial charge in [0.05, 0.1) is 11.4 Å². The molecular formula is C21H30N4O4S. The van der Waals surface area contributed by atoms with E-state index in [4.69, 9.17) is 4.52 Å². The zero-order valence-corrected chi connectivity index (χ0v) is 18.9. The Bertz CT molecular complexity index is 987. The van der Waals surface area contributed by atoms with Crippen molar-refractivity contribution in [1.29, 1.82) is 0 Å². The summed E-state index contributed by atoms with van der Waals surface area (Å²) in [6.07, 6.45) is 2.24. The highest BCUT2D eigenvalue weighted by atomic mass is 32.2.